The quantitative estimate of drug-likeness (QED) is 0.571. The average molecular weight is 380 g/mol. The highest BCUT2D eigenvalue weighted by Crippen LogP contribution is 2.42. The van der Waals surface area contributed by atoms with E-state index in [1.54, 1.807) is 44.6 Å². The van der Waals surface area contributed by atoms with Gasteiger partial charge in [-0.2, -0.15) is 10.5 Å². The molecule has 0 radical (unpaired) electrons. The molecule has 0 fully saturated rings. The van der Waals surface area contributed by atoms with Crippen molar-refractivity contribution in [1.29, 1.82) is 10.5 Å². The first-order chi connectivity index (χ1) is 13.7. The van der Waals surface area contributed by atoms with Crippen molar-refractivity contribution in [3.8, 4) is 40.5 Å². The maximum Gasteiger partial charge on any atom is 0.134 e. The van der Waals surface area contributed by atoms with Crippen LogP contribution in [0.5, 0.6) is 17.2 Å². The molecule has 0 aromatic heterocycles. The standard InChI is InChI=1S/C22H24N2O4/c1-4-5-8-27-9-10-28-19-12-20(25-2)22(21(13-19)26-3)16-6-7-17(14-23)18(11-16)15-24/h6-7,11-13H,4-5,8-10H2,1-3H3. The summed E-state index contributed by atoms with van der Waals surface area (Å²) in [6.07, 6.45) is 2.13. The third kappa shape index (κ3) is 5.16. The maximum absolute atomic E-state index is 9.30. The second kappa shape index (κ2) is 10.8. The van der Waals surface area contributed by atoms with Crippen LogP contribution in [0.2, 0.25) is 0 Å². The first kappa shape index (κ1) is 21.1. The number of ether oxygens (including phenoxy) is 4. The molecule has 0 heterocycles. The third-order valence-corrected chi connectivity index (χ3v) is 4.17. The Labute approximate surface area is 165 Å². The molecule has 2 aromatic carbocycles. The third-order valence-electron chi connectivity index (χ3n) is 4.17. The molecular weight excluding hydrogens is 356 g/mol. The summed E-state index contributed by atoms with van der Waals surface area (Å²) in [6.45, 7) is 3.77. The number of nitrogens with zero attached hydrogens (tertiary/aromatic N) is 2. The number of hydrogen-bond donors (Lipinski definition) is 0. The molecule has 0 bridgehead atoms. The fourth-order valence-electron chi connectivity index (χ4n) is 2.71. The fourth-order valence-corrected chi connectivity index (χ4v) is 2.71. The van der Waals surface area contributed by atoms with Gasteiger partial charge >= 0.3 is 0 Å². The van der Waals surface area contributed by atoms with Crippen molar-refractivity contribution in [1.82, 2.24) is 0 Å². The van der Waals surface area contributed by atoms with E-state index >= 15 is 0 Å². The van der Waals surface area contributed by atoms with Crippen LogP contribution in [0.3, 0.4) is 0 Å². The van der Waals surface area contributed by atoms with Crippen molar-refractivity contribution < 1.29 is 18.9 Å². The Bertz CT molecular complexity index is 856. The fraction of sp³-hybridized carbons (Fsp3) is 0.364. The normalized spacial score (nSPS) is 10.0. The van der Waals surface area contributed by atoms with Crippen LogP contribution in [-0.4, -0.2) is 34.0 Å². The Morgan fingerprint density at radius 1 is 0.857 bits per heavy atom. The van der Waals surface area contributed by atoms with Gasteiger partial charge in [-0.25, -0.2) is 0 Å². The molecule has 6 heteroatoms. The lowest BCUT2D eigenvalue weighted by Gasteiger charge is -2.16. The number of methoxy groups -OCH3 is 2. The van der Waals surface area contributed by atoms with Crippen molar-refractivity contribution in [2.45, 2.75) is 19.8 Å². The first-order valence-electron chi connectivity index (χ1n) is 9.09. The van der Waals surface area contributed by atoms with E-state index in [9.17, 15) is 5.26 Å². The summed E-state index contributed by atoms with van der Waals surface area (Å²) in [5.41, 5.74) is 2.04. The van der Waals surface area contributed by atoms with Crippen LogP contribution in [0.25, 0.3) is 11.1 Å². The van der Waals surface area contributed by atoms with E-state index in [4.69, 9.17) is 24.2 Å². The minimum atomic E-state index is 0.300. The monoisotopic (exact) mass is 380 g/mol. The predicted molar refractivity (Wildman–Crippen MR) is 106 cm³/mol. The van der Waals surface area contributed by atoms with Crippen LogP contribution in [0.4, 0.5) is 0 Å². The van der Waals surface area contributed by atoms with E-state index < -0.39 is 0 Å². The first-order valence-corrected chi connectivity index (χ1v) is 9.09. The summed E-state index contributed by atoms with van der Waals surface area (Å²) >= 11 is 0. The zero-order chi connectivity index (χ0) is 20.4. The smallest absolute Gasteiger partial charge is 0.134 e. The summed E-state index contributed by atoms with van der Waals surface area (Å²) in [7, 11) is 3.12. The van der Waals surface area contributed by atoms with Crippen LogP contribution in [0.1, 0.15) is 30.9 Å². The lowest BCUT2D eigenvalue weighted by molar-refractivity contribution is 0.0979. The number of unbranched alkanes of at least 4 members (excludes halogenated alkanes) is 1. The molecule has 0 N–H and O–H groups in total. The van der Waals surface area contributed by atoms with E-state index in [0.29, 0.717) is 47.2 Å². The van der Waals surface area contributed by atoms with Crippen molar-refractivity contribution in [3.05, 3.63) is 41.5 Å². The van der Waals surface area contributed by atoms with Gasteiger partial charge in [0.1, 0.15) is 36.0 Å². The molecule has 2 rings (SSSR count). The molecule has 2 aromatic rings. The van der Waals surface area contributed by atoms with E-state index in [0.717, 1.165) is 25.0 Å². The minimum absolute atomic E-state index is 0.300. The maximum atomic E-state index is 9.30. The molecule has 0 saturated carbocycles. The summed E-state index contributed by atoms with van der Waals surface area (Å²) < 4.78 is 22.3. The Morgan fingerprint density at radius 3 is 2.11 bits per heavy atom. The van der Waals surface area contributed by atoms with Gasteiger partial charge in [-0.15, -0.1) is 0 Å². The molecule has 0 amide bonds. The second-order valence-corrected chi connectivity index (χ2v) is 6.00. The summed E-state index contributed by atoms with van der Waals surface area (Å²) in [5.74, 6) is 1.70. The Balaban J connectivity index is 2.29. The highest BCUT2D eigenvalue weighted by molar-refractivity contribution is 5.79. The van der Waals surface area contributed by atoms with Crippen molar-refractivity contribution >= 4 is 0 Å². The lowest BCUT2D eigenvalue weighted by Crippen LogP contribution is -2.08. The topological polar surface area (TPSA) is 84.5 Å². The predicted octanol–water partition coefficient (Wildman–Crippen LogP) is 4.31. The van der Waals surface area contributed by atoms with Crippen LogP contribution in [0.15, 0.2) is 30.3 Å². The van der Waals surface area contributed by atoms with E-state index in [1.165, 1.54) is 0 Å². The molecule has 0 aliphatic rings. The van der Waals surface area contributed by atoms with Gasteiger partial charge in [0.2, 0.25) is 0 Å². The van der Waals surface area contributed by atoms with Gasteiger partial charge in [-0.05, 0) is 24.1 Å². The molecule has 146 valence electrons. The molecule has 0 saturated heterocycles. The molecule has 28 heavy (non-hydrogen) atoms. The van der Waals surface area contributed by atoms with Crippen LogP contribution in [-0.2, 0) is 4.74 Å². The van der Waals surface area contributed by atoms with Crippen LogP contribution >= 0.6 is 0 Å². The van der Waals surface area contributed by atoms with Gasteiger partial charge in [0.25, 0.3) is 0 Å². The number of benzene rings is 2. The van der Waals surface area contributed by atoms with Crippen LogP contribution < -0.4 is 14.2 Å². The summed E-state index contributed by atoms with van der Waals surface area (Å²) in [6, 6.07) is 12.6. The molecule has 6 nitrogen and oxygen atoms in total. The SMILES string of the molecule is CCCCOCCOc1cc(OC)c(-c2ccc(C#N)c(C#N)c2)c(OC)c1. The molecule has 0 aliphatic heterocycles. The molecule has 0 atom stereocenters. The van der Waals surface area contributed by atoms with Gasteiger partial charge in [0.05, 0.1) is 37.5 Å². The Morgan fingerprint density at radius 2 is 1.54 bits per heavy atom. The molecular formula is C22H24N2O4. The Kier molecular flexibility index (Phi) is 8.14. The second-order valence-electron chi connectivity index (χ2n) is 6.00. The van der Waals surface area contributed by atoms with E-state index in [-0.39, 0.29) is 0 Å². The largest absolute Gasteiger partial charge is 0.496 e. The molecule has 0 unspecified atom stereocenters. The number of rotatable bonds is 10. The number of hydrogen-bond acceptors (Lipinski definition) is 6. The highest BCUT2D eigenvalue weighted by Gasteiger charge is 2.17. The highest BCUT2D eigenvalue weighted by atomic mass is 16.5. The van der Waals surface area contributed by atoms with Crippen LogP contribution in [0, 0.1) is 22.7 Å². The van der Waals surface area contributed by atoms with Gasteiger partial charge in [0.15, 0.2) is 0 Å². The van der Waals surface area contributed by atoms with Gasteiger partial charge in [-0.3, -0.25) is 0 Å². The average Bonchev–Trinajstić information content (AvgIpc) is 2.74. The molecule has 0 spiro atoms. The van der Waals surface area contributed by atoms with Gasteiger partial charge in [-0.1, -0.05) is 19.4 Å². The van der Waals surface area contributed by atoms with Crippen molar-refractivity contribution in [3.63, 3.8) is 0 Å². The lowest BCUT2D eigenvalue weighted by atomic mass is 9.98. The number of nitriles is 2. The van der Waals surface area contributed by atoms with E-state index in [1.807, 2.05) is 12.1 Å². The van der Waals surface area contributed by atoms with Gasteiger partial charge < -0.3 is 18.9 Å². The summed E-state index contributed by atoms with van der Waals surface area (Å²) in [5, 5.41) is 18.4. The zero-order valence-electron chi connectivity index (χ0n) is 16.4. The van der Waals surface area contributed by atoms with Crippen molar-refractivity contribution in [2.24, 2.45) is 0 Å². The zero-order valence-corrected chi connectivity index (χ0v) is 16.4. The van der Waals surface area contributed by atoms with E-state index in [2.05, 4.69) is 6.92 Å². The van der Waals surface area contributed by atoms with Crippen molar-refractivity contribution in [2.75, 3.05) is 34.0 Å². The Hall–Kier alpha value is -3.22. The molecule has 0 aliphatic carbocycles. The van der Waals surface area contributed by atoms with Gasteiger partial charge in [0, 0.05) is 18.7 Å². The minimum Gasteiger partial charge on any atom is -0.496 e. The summed E-state index contributed by atoms with van der Waals surface area (Å²) in [4.78, 5) is 0.